The van der Waals surface area contributed by atoms with E-state index in [9.17, 15) is 51.4 Å². The monoisotopic (exact) mass is 943 g/mol. The molecule has 0 aliphatic heterocycles. The van der Waals surface area contributed by atoms with Crippen molar-refractivity contribution >= 4 is 53.3 Å². The molecule has 1 aromatic heterocycles. The molecule has 10 N–H and O–H groups in total. The number of rotatable bonds is 21. The Kier molecular flexibility index (Phi) is 21.0. The Hall–Kier alpha value is -6.07. The van der Waals surface area contributed by atoms with Gasteiger partial charge in [0.2, 0.25) is 23.6 Å². The molecule has 0 saturated heterocycles. The molecule has 23 heteroatoms. The second kappa shape index (κ2) is 24.8. The maximum atomic E-state index is 15.0. The number of thioether (sulfide) groups is 1. The first kappa shape index (κ1) is 55.1. The van der Waals surface area contributed by atoms with Crippen LogP contribution in [0.5, 0.6) is 0 Å². The average Bonchev–Trinajstić information content (AvgIpc) is 3.61. The molecule has 2 unspecified atom stereocenters. The van der Waals surface area contributed by atoms with Crippen LogP contribution in [0.25, 0.3) is 11.1 Å². The molecule has 1 heterocycles. The Bertz CT molecular complexity index is 2140. The summed E-state index contributed by atoms with van der Waals surface area (Å²) in [6, 6.07) is 10.5. The van der Waals surface area contributed by atoms with Crippen LogP contribution in [0.4, 0.5) is 22.0 Å². The van der Waals surface area contributed by atoms with Gasteiger partial charge in [-0.25, -0.2) is 13.6 Å². The van der Waals surface area contributed by atoms with Gasteiger partial charge in [0.25, 0.3) is 0 Å². The smallest absolute Gasteiger partial charge is 0.480 e. The summed E-state index contributed by atoms with van der Waals surface area (Å²) in [4.78, 5) is 84.3. The molecule has 5 atom stereocenters. The summed E-state index contributed by atoms with van der Waals surface area (Å²) < 4.78 is 63.0. The summed E-state index contributed by atoms with van der Waals surface area (Å²) in [5, 5.41) is 31.7. The molecule has 0 aliphatic rings. The third kappa shape index (κ3) is 18.1. The SMILES string of the molecule is CC(=O)N(CC[C@H](N)C(=O)NC(C)C(=O)NCCNC(=O)CC(SC[C@H](N)C(=O)O)C(=O)O)[C@@H](c1cc(-c2cc(F)ccc2F)cn1Cc1ccccc1)C(C)(C)C.O=C(O)C(F)(F)F. The van der Waals surface area contributed by atoms with E-state index in [-0.39, 0.29) is 43.3 Å². The van der Waals surface area contributed by atoms with E-state index >= 15 is 4.39 Å². The molecule has 0 spiro atoms. The van der Waals surface area contributed by atoms with Crippen LogP contribution in [-0.2, 0) is 40.1 Å². The minimum atomic E-state index is -5.08. The Morgan fingerprint density at radius 2 is 1.45 bits per heavy atom. The van der Waals surface area contributed by atoms with Crippen molar-refractivity contribution < 1.29 is 70.8 Å². The number of nitrogens with two attached hydrogens (primary N) is 2. The predicted molar refractivity (Wildman–Crippen MR) is 229 cm³/mol. The first-order valence-electron chi connectivity index (χ1n) is 19.8. The number of hydrogen-bond acceptors (Lipinski definition) is 10. The van der Waals surface area contributed by atoms with Crippen molar-refractivity contribution in [1.82, 2.24) is 25.4 Å². The van der Waals surface area contributed by atoms with Gasteiger partial charge in [-0.2, -0.15) is 13.2 Å². The first-order chi connectivity index (χ1) is 30.1. The topological polar surface area (TPSA) is 276 Å². The summed E-state index contributed by atoms with van der Waals surface area (Å²) in [6.07, 6.45) is -3.78. The van der Waals surface area contributed by atoms with Gasteiger partial charge in [0, 0.05) is 68.3 Å². The number of amides is 4. The molecule has 0 saturated carbocycles. The van der Waals surface area contributed by atoms with Crippen molar-refractivity contribution in [1.29, 1.82) is 0 Å². The molecule has 3 rings (SSSR count). The number of hydrogen-bond donors (Lipinski definition) is 8. The summed E-state index contributed by atoms with van der Waals surface area (Å²) >= 11 is 0.731. The zero-order valence-corrected chi connectivity index (χ0v) is 37.0. The van der Waals surface area contributed by atoms with E-state index < -0.39 is 94.7 Å². The molecule has 17 nitrogen and oxygen atoms in total. The number of aromatic nitrogens is 1. The number of benzene rings is 2. The van der Waals surface area contributed by atoms with Crippen LogP contribution in [0.2, 0.25) is 0 Å². The molecule has 3 aromatic rings. The van der Waals surface area contributed by atoms with E-state index in [2.05, 4.69) is 16.0 Å². The van der Waals surface area contributed by atoms with Crippen molar-refractivity contribution in [2.24, 2.45) is 16.9 Å². The number of carbonyl (C=O) groups is 7. The molecule has 0 fully saturated rings. The van der Waals surface area contributed by atoms with Gasteiger partial charge >= 0.3 is 24.1 Å². The third-order valence-corrected chi connectivity index (χ3v) is 10.7. The number of carboxylic acid groups (broad SMARTS) is 3. The quantitative estimate of drug-likeness (QED) is 0.0562. The van der Waals surface area contributed by atoms with Gasteiger partial charge in [-0.05, 0) is 48.6 Å². The third-order valence-electron chi connectivity index (χ3n) is 9.38. The number of nitrogens with zero attached hydrogens (tertiary/aromatic N) is 2. The fraction of sp³-hybridized carbons (Fsp3) is 0.452. The zero-order valence-electron chi connectivity index (χ0n) is 36.2. The largest absolute Gasteiger partial charge is 0.490 e. The van der Waals surface area contributed by atoms with E-state index in [4.69, 9.17) is 26.5 Å². The molecule has 358 valence electrons. The van der Waals surface area contributed by atoms with Gasteiger partial charge in [0.05, 0.1) is 12.1 Å². The summed E-state index contributed by atoms with van der Waals surface area (Å²) in [5.41, 5.74) is 13.2. The second-order valence-corrected chi connectivity index (χ2v) is 17.0. The number of nitrogens with one attached hydrogen (secondary N) is 3. The Balaban J connectivity index is 0.00000191. The van der Waals surface area contributed by atoms with E-state index in [0.29, 0.717) is 17.8 Å². The first-order valence-corrected chi connectivity index (χ1v) is 20.9. The molecule has 2 aromatic carbocycles. The highest BCUT2D eigenvalue weighted by Gasteiger charge is 2.39. The molecular weight excluding hydrogens is 890 g/mol. The van der Waals surface area contributed by atoms with Gasteiger partial charge in [0.15, 0.2) is 0 Å². The number of alkyl halides is 3. The summed E-state index contributed by atoms with van der Waals surface area (Å²) in [5.74, 6) is -8.95. The van der Waals surface area contributed by atoms with Gasteiger partial charge in [-0.15, -0.1) is 11.8 Å². The Morgan fingerprint density at radius 3 is 1.98 bits per heavy atom. The van der Waals surface area contributed by atoms with E-state index in [1.54, 1.807) is 17.2 Å². The maximum Gasteiger partial charge on any atom is 0.490 e. The van der Waals surface area contributed by atoms with Crippen molar-refractivity contribution in [2.75, 3.05) is 25.4 Å². The standard InChI is InChI=1S/C40H53F2N7O8S.C2HF3O2/c1-23(36(52)46-15-14-45-34(51)19-33(39(56)57)58-22-31(44)38(54)55)47-37(53)30(43)13-16-49(24(2)50)35(40(3,4)5)32-17-26(28-18-27(41)11-12-29(28)42)21-48(32)20-25-9-7-6-8-10-25;3-2(4,5)1(6)7/h6-12,17-18,21,23,30-31,33,35H,13-16,19-20,22,43-44H2,1-5H3,(H,45,51)(H,46,52)(H,47,53)(H,54,55)(H,56,57);(H,6,7)/t23?,30-,31-,33?,35-;/m0./s1. The van der Waals surface area contributed by atoms with Crippen molar-refractivity contribution in [3.05, 3.63) is 83.7 Å². The van der Waals surface area contributed by atoms with Gasteiger partial charge < -0.3 is 52.2 Å². The molecule has 0 radical (unpaired) electrons. The lowest BCUT2D eigenvalue weighted by Crippen LogP contribution is -2.52. The van der Waals surface area contributed by atoms with E-state index in [0.717, 1.165) is 35.5 Å². The molecular formula is C42H54F5N7O10S. The van der Waals surface area contributed by atoms with Crippen molar-refractivity contribution in [3.8, 4) is 11.1 Å². The lowest BCUT2D eigenvalue weighted by atomic mass is 9.82. The summed E-state index contributed by atoms with van der Waals surface area (Å²) in [7, 11) is 0. The van der Waals surface area contributed by atoms with Crippen LogP contribution in [0, 0.1) is 17.0 Å². The Morgan fingerprint density at radius 1 is 0.846 bits per heavy atom. The van der Waals surface area contributed by atoms with Crippen LogP contribution in [0.3, 0.4) is 0 Å². The van der Waals surface area contributed by atoms with Crippen LogP contribution < -0.4 is 27.4 Å². The van der Waals surface area contributed by atoms with Crippen LogP contribution in [-0.4, -0.2) is 121 Å². The van der Waals surface area contributed by atoms with Gasteiger partial charge in [-0.1, -0.05) is 51.1 Å². The molecule has 0 bridgehead atoms. The van der Waals surface area contributed by atoms with Gasteiger partial charge in [0.1, 0.15) is 29.0 Å². The van der Waals surface area contributed by atoms with E-state index in [1.165, 1.54) is 13.8 Å². The van der Waals surface area contributed by atoms with Gasteiger partial charge in [-0.3, -0.25) is 28.8 Å². The highest BCUT2D eigenvalue weighted by molar-refractivity contribution is 8.00. The van der Waals surface area contributed by atoms with Crippen molar-refractivity contribution in [2.45, 2.75) is 89.6 Å². The fourth-order valence-electron chi connectivity index (χ4n) is 6.17. The number of carboxylic acids is 3. The van der Waals surface area contributed by atoms with Crippen LogP contribution in [0.1, 0.15) is 64.8 Å². The molecule has 0 aliphatic carbocycles. The fourth-order valence-corrected chi connectivity index (χ4v) is 7.16. The Labute approximate surface area is 375 Å². The highest BCUT2D eigenvalue weighted by Crippen LogP contribution is 2.41. The minimum Gasteiger partial charge on any atom is -0.480 e. The van der Waals surface area contributed by atoms with E-state index in [1.807, 2.05) is 55.7 Å². The minimum absolute atomic E-state index is 0.0149. The lowest BCUT2D eigenvalue weighted by molar-refractivity contribution is -0.192. The van der Waals surface area contributed by atoms with Crippen molar-refractivity contribution in [3.63, 3.8) is 0 Å². The zero-order chi connectivity index (χ0) is 49.4. The molecule has 65 heavy (non-hydrogen) atoms. The lowest BCUT2D eigenvalue weighted by Gasteiger charge is -2.41. The predicted octanol–water partition coefficient (Wildman–Crippen LogP) is 3.49. The normalized spacial score (nSPS) is 13.7. The van der Waals surface area contributed by atoms with Crippen LogP contribution >= 0.6 is 11.8 Å². The summed E-state index contributed by atoms with van der Waals surface area (Å²) in [6.45, 7) is 8.98. The average molecular weight is 944 g/mol. The molecule has 4 amide bonds. The number of halogens is 5. The number of aliphatic carboxylic acids is 3. The maximum absolute atomic E-state index is 15.0. The number of carbonyl (C=O) groups excluding carboxylic acids is 4. The second-order valence-electron chi connectivity index (χ2n) is 15.8. The van der Waals surface area contributed by atoms with Crippen LogP contribution in [0.15, 0.2) is 60.8 Å². The highest BCUT2D eigenvalue weighted by atomic mass is 32.2.